The molecule has 4 heteroatoms. The summed E-state index contributed by atoms with van der Waals surface area (Å²) >= 11 is 0. The van der Waals surface area contributed by atoms with Crippen molar-refractivity contribution in [1.29, 1.82) is 0 Å². The number of amides is 1. The van der Waals surface area contributed by atoms with Gasteiger partial charge in [-0.2, -0.15) is 0 Å². The van der Waals surface area contributed by atoms with E-state index in [9.17, 15) is 4.79 Å². The van der Waals surface area contributed by atoms with Crippen molar-refractivity contribution in [2.75, 3.05) is 19.6 Å². The minimum atomic E-state index is -0.473. The summed E-state index contributed by atoms with van der Waals surface area (Å²) in [6.07, 6.45) is 0.577. The number of likely N-dealkylation sites (N-methyl/N-ethyl adjacent to an activating group) is 1. The molecule has 0 saturated carbocycles. The Kier molecular flexibility index (Phi) is 6.29. The molecule has 0 bridgehead atoms. The lowest BCUT2D eigenvalue weighted by molar-refractivity contribution is -0.122. The Balaban J connectivity index is 2.27. The van der Waals surface area contributed by atoms with E-state index in [2.05, 4.69) is 10.6 Å². The van der Waals surface area contributed by atoms with Crippen LogP contribution in [-0.4, -0.2) is 31.6 Å². The van der Waals surface area contributed by atoms with Gasteiger partial charge in [0.15, 0.2) is 0 Å². The normalized spacial score (nSPS) is 12.1. The van der Waals surface area contributed by atoms with Crippen LogP contribution in [0.4, 0.5) is 0 Å². The predicted octanol–water partition coefficient (Wildman–Crippen LogP) is 0.282. The van der Waals surface area contributed by atoms with Gasteiger partial charge in [0.2, 0.25) is 5.91 Å². The fraction of sp³-hybridized carbons (Fsp3) is 0.462. The average molecular weight is 235 g/mol. The third-order valence-corrected chi connectivity index (χ3v) is 2.49. The summed E-state index contributed by atoms with van der Waals surface area (Å²) in [5.74, 6) is -0.0910. The number of nitrogens with two attached hydrogens (primary N) is 1. The molecule has 1 aromatic carbocycles. The zero-order chi connectivity index (χ0) is 12.5. The van der Waals surface area contributed by atoms with Crippen LogP contribution in [0.15, 0.2) is 30.3 Å². The molecule has 0 fully saturated rings. The molecule has 1 aromatic rings. The van der Waals surface area contributed by atoms with Crippen molar-refractivity contribution in [3.05, 3.63) is 35.9 Å². The monoisotopic (exact) mass is 235 g/mol. The van der Waals surface area contributed by atoms with Gasteiger partial charge in [-0.15, -0.1) is 0 Å². The van der Waals surface area contributed by atoms with E-state index >= 15 is 0 Å². The minimum absolute atomic E-state index is 0.0910. The first kappa shape index (κ1) is 13.7. The zero-order valence-corrected chi connectivity index (χ0v) is 10.3. The lowest BCUT2D eigenvalue weighted by atomic mass is 10.1. The van der Waals surface area contributed by atoms with Crippen LogP contribution >= 0.6 is 0 Å². The van der Waals surface area contributed by atoms with Crippen molar-refractivity contribution in [3.8, 4) is 0 Å². The molecule has 0 aliphatic rings. The molecular formula is C13H21N3O. The summed E-state index contributed by atoms with van der Waals surface area (Å²) in [5.41, 5.74) is 6.92. The molecule has 0 spiro atoms. The van der Waals surface area contributed by atoms with Gasteiger partial charge in [-0.25, -0.2) is 0 Å². The van der Waals surface area contributed by atoms with Gasteiger partial charge in [0.05, 0.1) is 6.04 Å². The van der Waals surface area contributed by atoms with E-state index in [0.717, 1.165) is 18.7 Å². The number of carbonyl (C=O) groups excluding carboxylic acids is 1. The van der Waals surface area contributed by atoms with E-state index in [-0.39, 0.29) is 5.91 Å². The second-order valence-electron chi connectivity index (χ2n) is 3.94. The quantitative estimate of drug-likeness (QED) is 0.595. The fourth-order valence-corrected chi connectivity index (χ4v) is 1.54. The number of nitrogens with one attached hydrogen (secondary N) is 2. The maximum Gasteiger partial charge on any atom is 0.237 e. The third-order valence-electron chi connectivity index (χ3n) is 2.49. The predicted molar refractivity (Wildman–Crippen MR) is 69.7 cm³/mol. The summed E-state index contributed by atoms with van der Waals surface area (Å²) < 4.78 is 0. The van der Waals surface area contributed by atoms with Crippen molar-refractivity contribution in [2.24, 2.45) is 5.73 Å². The largest absolute Gasteiger partial charge is 0.353 e. The highest BCUT2D eigenvalue weighted by atomic mass is 16.2. The van der Waals surface area contributed by atoms with Crippen LogP contribution in [0.2, 0.25) is 0 Å². The number of hydrogen-bond donors (Lipinski definition) is 3. The maximum absolute atomic E-state index is 11.6. The Morgan fingerprint density at radius 3 is 2.65 bits per heavy atom. The third kappa shape index (κ3) is 5.47. The topological polar surface area (TPSA) is 67.1 Å². The highest BCUT2D eigenvalue weighted by Gasteiger charge is 2.12. The zero-order valence-electron chi connectivity index (χ0n) is 10.3. The molecule has 1 amide bonds. The molecule has 4 nitrogen and oxygen atoms in total. The Morgan fingerprint density at radius 2 is 2.00 bits per heavy atom. The Labute approximate surface area is 103 Å². The summed E-state index contributed by atoms with van der Waals surface area (Å²) in [5, 5.41) is 5.95. The van der Waals surface area contributed by atoms with Crippen molar-refractivity contribution in [3.63, 3.8) is 0 Å². The van der Waals surface area contributed by atoms with Crippen LogP contribution in [0.1, 0.15) is 12.5 Å². The molecule has 0 unspecified atom stereocenters. The molecule has 0 aromatic heterocycles. The van der Waals surface area contributed by atoms with E-state index in [1.807, 2.05) is 37.3 Å². The second-order valence-corrected chi connectivity index (χ2v) is 3.94. The van der Waals surface area contributed by atoms with E-state index in [4.69, 9.17) is 5.73 Å². The van der Waals surface area contributed by atoms with Gasteiger partial charge in [-0.1, -0.05) is 37.3 Å². The van der Waals surface area contributed by atoms with Crippen LogP contribution in [0.25, 0.3) is 0 Å². The molecule has 0 saturated heterocycles. The molecular weight excluding hydrogens is 214 g/mol. The van der Waals surface area contributed by atoms with Gasteiger partial charge >= 0.3 is 0 Å². The van der Waals surface area contributed by atoms with Crippen molar-refractivity contribution in [1.82, 2.24) is 10.6 Å². The fourth-order valence-electron chi connectivity index (χ4n) is 1.54. The summed E-state index contributed by atoms with van der Waals surface area (Å²) in [7, 11) is 0. The van der Waals surface area contributed by atoms with Gasteiger partial charge in [-0.3, -0.25) is 4.79 Å². The molecule has 0 radical (unpaired) electrons. The summed E-state index contributed by atoms with van der Waals surface area (Å²) in [6.45, 7) is 4.34. The Morgan fingerprint density at radius 1 is 1.29 bits per heavy atom. The van der Waals surface area contributed by atoms with Crippen LogP contribution in [0, 0.1) is 0 Å². The first-order valence-electron chi connectivity index (χ1n) is 6.02. The number of carbonyl (C=O) groups is 1. The molecule has 4 N–H and O–H groups in total. The van der Waals surface area contributed by atoms with E-state index in [1.165, 1.54) is 0 Å². The van der Waals surface area contributed by atoms with Gasteiger partial charge in [0, 0.05) is 13.1 Å². The van der Waals surface area contributed by atoms with Gasteiger partial charge in [0.25, 0.3) is 0 Å². The Bertz CT molecular complexity index is 327. The van der Waals surface area contributed by atoms with Gasteiger partial charge in [-0.05, 0) is 18.5 Å². The molecule has 1 atom stereocenters. The summed E-state index contributed by atoms with van der Waals surface area (Å²) in [4.78, 5) is 11.6. The number of rotatable bonds is 7. The molecule has 1 rings (SSSR count). The number of benzene rings is 1. The molecule has 0 heterocycles. The first-order valence-corrected chi connectivity index (χ1v) is 6.02. The van der Waals surface area contributed by atoms with Crippen LogP contribution < -0.4 is 16.4 Å². The lowest BCUT2D eigenvalue weighted by Gasteiger charge is -2.12. The van der Waals surface area contributed by atoms with Crippen molar-refractivity contribution >= 4 is 5.91 Å². The van der Waals surface area contributed by atoms with Gasteiger partial charge in [0.1, 0.15) is 0 Å². The maximum atomic E-state index is 11.6. The van der Waals surface area contributed by atoms with E-state index < -0.39 is 6.04 Å². The van der Waals surface area contributed by atoms with Gasteiger partial charge < -0.3 is 16.4 Å². The molecule has 17 heavy (non-hydrogen) atoms. The first-order chi connectivity index (χ1) is 8.24. The average Bonchev–Trinajstić information content (AvgIpc) is 2.35. The van der Waals surface area contributed by atoms with E-state index in [1.54, 1.807) is 0 Å². The second kappa shape index (κ2) is 7.81. The van der Waals surface area contributed by atoms with Crippen molar-refractivity contribution in [2.45, 2.75) is 19.4 Å². The molecule has 94 valence electrons. The lowest BCUT2D eigenvalue weighted by Crippen LogP contribution is -2.44. The van der Waals surface area contributed by atoms with E-state index in [0.29, 0.717) is 13.0 Å². The standard InChI is InChI=1S/C13H21N3O/c1-2-15-8-9-16-13(17)12(14)10-11-6-4-3-5-7-11/h3-7,12,15H,2,8-10,14H2,1H3,(H,16,17)/t12-/m0/s1. The molecule has 0 aliphatic heterocycles. The van der Waals surface area contributed by atoms with Crippen LogP contribution in [0.5, 0.6) is 0 Å². The number of hydrogen-bond acceptors (Lipinski definition) is 3. The highest BCUT2D eigenvalue weighted by Crippen LogP contribution is 2.01. The summed E-state index contributed by atoms with van der Waals surface area (Å²) in [6, 6.07) is 9.33. The smallest absolute Gasteiger partial charge is 0.237 e. The highest BCUT2D eigenvalue weighted by molar-refractivity contribution is 5.81. The van der Waals surface area contributed by atoms with Crippen LogP contribution in [-0.2, 0) is 11.2 Å². The Hall–Kier alpha value is -1.39. The molecule has 0 aliphatic carbocycles. The SMILES string of the molecule is CCNCCNC(=O)[C@@H](N)Cc1ccccc1. The van der Waals surface area contributed by atoms with Crippen molar-refractivity contribution < 1.29 is 4.79 Å². The minimum Gasteiger partial charge on any atom is -0.353 e. The van der Waals surface area contributed by atoms with Crippen LogP contribution in [0.3, 0.4) is 0 Å².